The number of carbonyl (C=O) groups is 1. The molecule has 14 heavy (non-hydrogen) atoms. The molecule has 0 aliphatic rings. The van der Waals surface area contributed by atoms with Gasteiger partial charge in [0.1, 0.15) is 0 Å². The van der Waals surface area contributed by atoms with Gasteiger partial charge in [0.05, 0.1) is 10.4 Å². The normalized spacial score (nSPS) is 12.1. The Labute approximate surface area is 87.8 Å². The lowest BCUT2D eigenvalue weighted by atomic mass is 9.93. The third kappa shape index (κ3) is 1.95. The summed E-state index contributed by atoms with van der Waals surface area (Å²) in [5.74, 6) is -0.449. The minimum Gasteiger partial charge on any atom is -0.481 e. The van der Waals surface area contributed by atoms with Gasteiger partial charge in [-0.15, -0.1) is 11.3 Å². The fourth-order valence-corrected chi connectivity index (χ4v) is 1.96. The van der Waals surface area contributed by atoms with E-state index in [-0.39, 0.29) is 0 Å². The maximum Gasteiger partial charge on any atom is 0.314 e. The highest BCUT2D eigenvalue weighted by molar-refractivity contribution is 7.12. The van der Waals surface area contributed by atoms with Crippen molar-refractivity contribution in [1.29, 1.82) is 0 Å². The molecule has 1 heterocycles. The average molecular weight is 213 g/mol. The molecule has 0 amide bonds. The van der Waals surface area contributed by atoms with Crippen LogP contribution in [-0.2, 0) is 10.2 Å². The molecule has 1 aromatic rings. The average Bonchev–Trinajstić information content (AvgIpc) is 2.51. The molecule has 1 aromatic heterocycles. The highest BCUT2D eigenvalue weighted by Gasteiger charge is 2.31. The molecule has 0 saturated heterocycles. The molecule has 4 heteroatoms. The summed E-state index contributed by atoms with van der Waals surface area (Å²) in [6, 6.07) is 0. The zero-order valence-corrected chi connectivity index (χ0v) is 9.68. The Morgan fingerprint density at radius 2 is 2.14 bits per heavy atom. The lowest BCUT2D eigenvalue weighted by Crippen LogP contribution is -2.27. The van der Waals surface area contributed by atoms with Gasteiger partial charge in [0.15, 0.2) is 0 Å². The molecular weight excluding hydrogens is 198 g/mol. The summed E-state index contributed by atoms with van der Waals surface area (Å²) in [5, 5.41) is 10.0. The Morgan fingerprint density at radius 3 is 2.50 bits per heavy atom. The van der Waals surface area contributed by atoms with E-state index < -0.39 is 11.4 Å². The van der Waals surface area contributed by atoms with Gasteiger partial charge >= 0.3 is 5.97 Å². The maximum absolute atomic E-state index is 11.0. The van der Waals surface area contributed by atoms with E-state index in [2.05, 4.69) is 18.8 Å². The number of thiazole rings is 1. The molecular formula is C10H15NO2S. The quantitative estimate of drug-likeness (QED) is 0.839. The van der Waals surface area contributed by atoms with Crippen molar-refractivity contribution in [3.8, 4) is 0 Å². The number of nitrogens with zero attached hydrogens (tertiary/aromatic N) is 1. The first-order valence-corrected chi connectivity index (χ1v) is 5.37. The summed E-state index contributed by atoms with van der Waals surface area (Å²) in [7, 11) is 0. The molecule has 0 unspecified atom stereocenters. The summed E-state index contributed by atoms with van der Waals surface area (Å²) < 4.78 is 0. The number of carboxylic acid groups (broad SMARTS) is 1. The van der Waals surface area contributed by atoms with E-state index in [1.165, 1.54) is 11.3 Å². The van der Waals surface area contributed by atoms with E-state index in [0.29, 0.717) is 5.92 Å². The number of aromatic nitrogens is 1. The van der Waals surface area contributed by atoms with Crippen molar-refractivity contribution in [2.24, 2.45) is 0 Å². The van der Waals surface area contributed by atoms with Crippen LogP contribution in [0.3, 0.4) is 0 Å². The van der Waals surface area contributed by atoms with E-state index in [9.17, 15) is 4.79 Å². The van der Waals surface area contributed by atoms with Crippen molar-refractivity contribution in [3.05, 3.63) is 16.1 Å². The second-order valence-corrected chi connectivity index (χ2v) is 5.21. The molecule has 0 spiro atoms. The Bertz CT molecular complexity index is 342. The standard InChI is InChI=1S/C10H15NO2S/c1-6(2)8-11-5-7(14-8)10(3,4)9(12)13/h5-6H,1-4H3,(H,12,13). The molecule has 0 aromatic carbocycles. The van der Waals surface area contributed by atoms with Crippen LogP contribution in [0.25, 0.3) is 0 Å². The molecule has 0 saturated carbocycles. The molecule has 1 N–H and O–H groups in total. The van der Waals surface area contributed by atoms with Crippen molar-refractivity contribution >= 4 is 17.3 Å². The van der Waals surface area contributed by atoms with Crippen molar-refractivity contribution in [3.63, 3.8) is 0 Å². The van der Waals surface area contributed by atoms with Crippen LogP contribution in [0.2, 0.25) is 0 Å². The van der Waals surface area contributed by atoms with Crippen LogP contribution in [0, 0.1) is 0 Å². The van der Waals surface area contributed by atoms with E-state index in [1.54, 1.807) is 20.0 Å². The maximum atomic E-state index is 11.0. The third-order valence-corrected chi connectivity index (χ3v) is 3.79. The van der Waals surface area contributed by atoms with Gasteiger partial charge in [0, 0.05) is 17.0 Å². The van der Waals surface area contributed by atoms with Gasteiger partial charge in [-0.2, -0.15) is 0 Å². The van der Waals surface area contributed by atoms with Gasteiger partial charge in [-0.3, -0.25) is 4.79 Å². The molecule has 3 nitrogen and oxygen atoms in total. The fourth-order valence-electron chi connectivity index (χ4n) is 0.949. The summed E-state index contributed by atoms with van der Waals surface area (Å²) in [6.07, 6.45) is 1.67. The number of aliphatic carboxylic acids is 1. The van der Waals surface area contributed by atoms with Gasteiger partial charge in [0.2, 0.25) is 0 Å². The number of hydrogen-bond donors (Lipinski definition) is 1. The molecule has 78 valence electrons. The largest absolute Gasteiger partial charge is 0.481 e. The lowest BCUT2D eigenvalue weighted by Gasteiger charge is -2.15. The predicted octanol–water partition coefficient (Wildman–Crippen LogP) is 2.63. The molecule has 0 radical (unpaired) electrons. The lowest BCUT2D eigenvalue weighted by molar-refractivity contribution is -0.142. The monoisotopic (exact) mass is 213 g/mol. The summed E-state index contributed by atoms with van der Waals surface area (Å²) in [5.41, 5.74) is -0.829. The topological polar surface area (TPSA) is 50.2 Å². The molecule has 0 bridgehead atoms. The van der Waals surface area contributed by atoms with Gasteiger partial charge in [-0.05, 0) is 13.8 Å². The van der Waals surface area contributed by atoms with Crippen LogP contribution in [0.1, 0.15) is 43.5 Å². The first-order chi connectivity index (χ1) is 6.35. The second-order valence-electron chi connectivity index (χ2n) is 4.15. The van der Waals surface area contributed by atoms with Gasteiger partial charge in [-0.1, -0.05) is 13.8 Å². The molecule has 1 rings (SSSR count). The highest BCUT2D eigenvalue weighted by Crippen LogP contribution is 2.31. The minimum absolute atomic E-state index is 0.360. The number of carboxylic acids is 1. The van der Waals surface area contributed by atoms with Crippen LogP contribution < -0.4 is 0 Å². The fraction of sp³-hybridized carbons (Fsp3) is 0.600. The zero-order valence-electron chi connectivity index (χ0n) is 8.87. The molecule has 0 aliphatic heterocycles. The third-order valence-electron chi connectivity index (χ3n) is 2.17. The van der Waals surface area contributed by atoms with Crippen LogP contribution in [0.15, 0.2) is 6.20 Å². The van der Waals surface area contributed by atoms with Crippen molar-refractivity contribution in [1.82, 2.24) is 4.98 Å². The highest BCUT2D eigenvalue weighted by atomic mass is 32.1. The molecule has 0 fully saturated rings. The summed E-state index contributed by atoms with van der Waals surface area (Å²) in [4.78, 5) is 16.0. The van der Waals surface area contributed by atoms with Gasteiger partial charge in [-0.25, -0.2) is 4.98 Å². The van der Waals surface area contributed by atoms with E-state index in [1.807, 2.05) is 0 Å². The minimum atomic E-state index is -0.829. The van der Waals surface area contributed by atoms with Crippen LogP contribution >= 0.6 is 11.3 Å². The van der Waals surface area contributed by atoms with E-state index in [0.717, 1.165) is 9.88 Å². The summed E-state index contributed by atoms with van der Waals surface area (Å²) >= 11 is 1.48. The van der Waals surface area contributed by atoms with Crippen LogP contribution in [-0.4, -0.2) is 16.1 Å². The van der Waals surface area contributed by atoms with Crippen molar-refractivity contribution < 1.29 is 9.90 Å². The van der Waals surface area contributed by atoms with E-state index >= 15 is 0 Å². The predicted molar refractivity (Wildman–Crippen MR) is 56.9 cm³/mol. The van der Waals surface area contributed by atoms with Gasteiger partial charge in [0.25, 0.3) is 0 Å². The molecule has 0 aliphatic carbocycles. The Morgan fingerprint density at radius 1 is 1.57 bits per heavy atom. The first-order valence-electron chi connectivity index (χ1n) is 4.55. The Hall–Kier alpha value is -0.900. The number of rotatable bonds is 3. The zero-order chi connectivity index (χ0) is 10.9. The van der Waals surface area contributed by atoms with Gasteiger partial charge < -0.3 is 5.11 Å². The SMILES string of the molecule is CC(C)c1ncc(C(C)(C)C(=O)O)s1. The van der Waals surface area contributed by atoms with Crippen molar-refractivity contribution in [2.45, 2.75) is 39.0 Å². The van der Waals surface area contributed by atoms with Crippen LogP contribution in [0.4, 0.5) is 0 Å². The Balaban J connectivity index is 3.03. The molecule has 0 atom stereocenters. The summed E-state index contributed by atoms with van der Waals surface area (Å²) in [6.45, 7) is 7.51. The Kier molecular flexibility index (Phi) is 2.95. The van der Waals surface area contributed by atoms with Crippen LogP contribution in [0.5, 0.6) is 0 Å². The smallest absolute Gasteiger partial charge is 0.314 e. The second kappa shape index (κ2) is 3.69. The number of hydrogen-bond acceptors (Lipinski definition) is 3. The first kappa shape index (κ1) is 11.2. The van der Waals surface area contributed by atoms with E-state index in [4.69, 9.17) is 5.11 Å². The van der Waals surface area contributed by atoms with Crippen molar-refractivity contribution in [2.75, 3.05) is 0 Å².